The van der Waals surface area contributed by atoms with Crippen LogP contribution in [0.15, 0.2) is 39.5 Å². The zero-order chi connectivity index (χ0) is 11.5. The maximum absolute atomic E-state index is 10.9. The van der Waals surface area contributed by atoms with Crippen molar-refractivity contribution in [1.82, 2.24) is 0 Å². The molecule has 0 N–H and O–H groups in total. The smallest absolute Gasteiger partial charge is 0.336 e. The van der Waals surface area contributed by atoms with Gasteiger partial charge in [0.2, 0.25) is 0 Å². The molecule has 1 aromatic carbocycles. The van der Waals surface area contributed by atoms with Crippen molar-refractivity contribution in [2.24, 2.45) is 0 Å². The van der Waals surface area contributed by atoms with Crippen LogP contribution in [0.25, 0.3) is 11.0 Å². The van der Waals surface area contributed by atoms with Crippen molar-refractivity contribution in [1.29, 1.82) is 0 Å². The predicted octanol–water partition coefficient (Wildman–Crippen LogP) is 1.76. The second-order valence-electron chi connectivity index (χ2n) is 3.44. The maximum atomic E-state index is 10.9. The van der Waals surface area contributed by atoms with E-state index in [0.29, 0.717) is 11.3 Å². The van der Waals surface area contributed by atoms with Gasteiger partial charge in [-0.25, -0.2) is 4.79 Å². The lowest BCUT2D eigenvalue weighted by Crippen LogP contribution is -2.06. The Morgan fingerprint density at radius 3 is 2.88 bits per heavy atom. The van der Waals surface area contributed by atoms with Gasteiger partial charge in [-0.1, -0.05) is 0 Å². The number of carbonyl (C=O) groups is 1. The first kappa shape index (κ1) is 10.4. The van der Waals surface area contributed by atoms with E-state index < -0.39 is 0 Å². The number of fused-ring (bicyclic) bond motifs is 1. The Morgan fingerprint density at radius 2 is 2.12 bits per heavy atom. The molecule has 1 heterocycles. The summed E-state index contributed by atoms with van der Waals surface area (Å²) in [5.74, 6) is 0.538. The monoisotopic (exact) mass is 218 g/mol. The lowest BCUT2D eigenvalue weighted by Gasteiger charge is -2.04. The number of rotatable bonds is 3. The van der Waals surface area contributed by atoms with Gasteiger partial charge in [0, 0.05) is 11.5 Å². The molecule has 0 spiro atoms. The van der Waals surface area contributed by atoms with Crippen LogP contribution >= 0.6 is 0 Å². The molecule has 0 amide bonds. The molecule has 2 rings (SSSR count). The number of carbonyl (C=O) groups excluding carboxylic acids is 1. The molecule has 0 saturated heterocycles. The van der Waals surface area contributed by atoms with E-state index in [0.717, 1.165) is 5.39 Å². The molecule has 16 heavy (non-hydrogen) atoms. The zero-order valence-corrected chi connectivity index (χ0v) is 8.73. The summed E-state index contributed by atoms with van der Waals surface area (Å²) in [6.45, 7) is 1.50. The van der Waals surface area contributed by atoms with Crippen molar-refractivity contribution < 1.29 is 13.9 Å². The van der Waals surface area contributed by atoms with Crippen molar-refractivity contribution in [3.05, 3.63) is 40.8 Å². The number of ether oxygens (including phenoxy) is 1. The molecule has 0 atom stereocenters. The van der Waals surface area contributed by atoms with Crippen LogP contribution in [0, 0.1) is 0 Å². The van der Waals surface area contributed by atoms with Gasteiger partial charge < -0.3 is 9.15 Å². The largest absolute Gasteiger partial charge is 0.486 e. The maximum Gasteiger partial charge on any atom is 0.336 e. The number of ketones is 1. The van der Waals surface area contributed by atoms with Gasteiger partial charge in [0.25, 0.3) is 0 Å². The Bertz CT molecular complexity index is 583. The van der Waals surface area contributed by atoms with Gasteiger partial charge in [0.15, 0.2) is 5.78 Å². The number of Topliss-reactive ketones (excluding diaryl/α,β-unsaturated/α-hetero) is 1. The topological polar surface area (TPSA) is 56.5 Å². The molecule has 0 aliphatic rings. The SMILES string of the molecule is CC(=O)COc1ccc2oc(=O)ccc2c1. The molecule has 0 unspecified atom stereocenters. The third-order valence-corrected chi connectivity index (χ3v) is 2.03. The third-order valence-electron chi connectivity index (χ3n) is 2.03. The van der Waals surface area contributed by atoms with Crippen LogP contribution in [0.1, 0.15) is 6.92 Å². The molecule has 0 saturated carbocycles. The van der Waals surface area contributed by atoms with E-state index in [1.54, 1.807) is 24.3 Å². The number of benzene rings is 1. The van der Waals surface area contributed by atoms with E-state index >= 15 is 0 Å². The Kier molecular flexibility index (Phi) is 2.72. The molecule has 2 aromatic rings. The van der Waals surface area contributed by atoms with E-state index in [2.05, 4.69) is 0 Å². The highest BCUT2D eigenvalue weighted by molar-refractivity contribution is 5.79. The fraction of sp³-hybridized carbons (Fsp3) is 0.167. The highest BCUT2D eigenvalue weighted by Crippen LogP contribution is 2.19. The highest BCUT2D eigenvalue weighted by Gasteiger charge is 2.01. The van der Waals surface area contributed by atoms with E-state index in [9.17, 15) is 9.59 Å². The molecule has 0 aliphatic heterocycles. The van der Waals surface area contributed by atoms with Gasteiger partial charge in [-0.2, -0.15) is 0 Å². The summed E-state index contributed by atoms with van der Waals surface area (Å²) < 4.78 is 10.2. The van der Waals surface area contributed by atoms with Crippen molar-refractivity contribution in [2.45, 2.75) is 6.92 Å². The van der Waals surface area contributed by atoms with E-state index in [1.165, 1.54) is 13.0 Å². The molecule has 0 aliphatic carbocycles. The Balaban J connectivity index is 2.33. The van der Waals surface area contributed by atoms with Gasteiger partial charge in [0.05, 0.1) is 0 Å². The highest BCUT2D eigenvalue weighted by atomic mass is 16.5. The van der Waals surface area contributed by atoms with E-state index in [4.69, 9.17) is 9.15 Å². The molecule has 0 radical (unpaired) electrons. The minimum Gasteiger partial charge on any atom is -0.486 e. The summed E-state index contributed by atoms with van der Waals surface area (Å²) in [6.07, 6.45) is 0. The van der Waals surface area contributed by atoms with Crippen molar-refractivity contribution in [2.75, 3.05) is 6.61 Å². The molecule has 1 aromatic heterocycles. The van der Waals surface area contributed by atoms with Crippen LogP contribution in [-0.2, 0) is 4.79 Å². The minimum atomic E-state index is -0.384. The van der Waals surface area contributed by atoms with Gasteiger partial charge in [-0.3, -0.25) is 4.79 Å². The summed E-state index contributed by atoms with van der Waals surface area (Å²) in [4.78, 5) is 21.7. The second kappa shape index (κ2) is 4.18. The van der Waals surface area contributed by atoms with Gasteiger partial charge >= 0.3 is 5.63 Å². The van der Waals surface area contributed by atoms with Gasteiger partial charge in [-0.15, -0.1) is 0 Å². The Hall–Kier alpha value is -2.10. The van der Waals surface area contributed by atoms with Crippen LogP contribution in [0.3, 0.4) is 0 Å². The zero-order valence-electron chi connectivity index (χ0n) is 8.73. The van der Waals surface area contributed by atoms with E-state index in [-0.39, 0.29) is 18.0 Å². The first-order valence-electron chi connectivity index (χ1n) is 4.81. The first-order chi connectivity index (χ1) is 7.65. The summed E-state index contributed by atoms with van der Waals surface area (Å²) in [6, 6.07) is 8.03. The van der Waals surface area contributed by atoms with Crippen molar-refractivity contribution in [3.63, 3.8) is 0 Å². The van der Waals surface area contributed by atoms with E-state index in [1.807, 2.05) is 0 Å². The molecular formula is C12H10O4. The lowest BCUT2D eigenvalue weighted by molar-refractivity contribution is -0.118. The Labute approximate surface area is 91.4 Å². The average molecular weight is 218 g/mol. The molecular weight excluding hydrogens is 208 g/mol. The van der Waals surface area contributed by atoms with Crippen molar-refractivity contribution in [3.8, 4) is 5.75 Å². The standard InChI is InChI=1S/C12H10O4/c1-8(13)7-15-10-3-4-11-9(6-10)2-5-12(14)16-11/h2-6H,7H2,1H3. The summed E-state index contributed by atoms with van der Waals surface area (Å²) in [5, 5.41) is 0.764. The quantitative estimate of drug-likeness (QED) is 0.736. The number of hydrogen-bond donors (Lipinski definition) is 0. The molecule has 82 valence electrons. The molecule has 0 bridgehead atoms. The Morgan fingerprint density at radius 1 is 1.31 bits per heavy atom. The van der Waals surface area contributed by atoms with Crippen LogP contribution in [0.5, 0.6) is 5.75 Å². The first-order valence-corrected chi connectivity index (χ1v) is 4.81. The predicted molar refractivity (Wildman–Crippen MR) is 58.7 cm³/mol. The average Bonchev–Trinajstić information content (AvgIpc) is 2.26. The lowest BCUT2D eigenvalue weighted by atomic mass is 10.2. The normalized spacial score (nSPS) is 10.3. The summed E-state index contributed by atoms with van der Waals surface area (Å²) in [5.41, 5.74) is 0.118. The third kappa shape index (κ3) is 2.28. The van der Waals surface area contributed by atoms with Crippen LogP contribution in [0.2, 0.25) is 0 Å². The summed E-state index contributed by atoms with van der Waals surface area (Å²) >= 11 is 0. The van der Waals surface area contributed by atoms with Gasteiger partial charge in [0.1, 0.15) is 17.9 Å². The fourth-order valence-corrected chi connectivity index (χ4v) is 1.32. The van der Waals surface area contributed by atoms with Gasteiger partial charge in [-0.05, 0) is 31.2 Å². The van der Waals surface area contributed by atoms with Crippen LogP contribution < -0.4 is 10.4 Å². The molecule has 4 heteroatoms. The molecule has 0 fully saturated rings. The summed E-state index contributed by atoms with van der Waals surface area (Å²) in [7, 11) is 0. The van der Waals surface area contributed by atoms with Crippen molar-refractivity contribution >= 4 is 16.8 Å². The minimum absolute atomic E-state index is 0.0420. The van der Waals surface area contributed by atoms with Crippen LogP contribution in [-0.4, -0.2) is 12.4 Å². The second-order valence-corrected chi connectivity index (χ2v) is 3.44. The number of hydrogen-bond acceptors (Lipinski definition) is 4. The molecule has 4 nitrogen and oxygen atoms in total. The van der Waals surface area contributed by atoms with Crippen LogP contribution in [0.4, 0.5) is 0 Å². The fourth-order valence-electron chi connectivity index (χ4n) is 1.32.